The van der Waals surface area contributed by atoms with Crippen molar-refractivity contribution in [2.24, 2.45) is 5.92 Å². The maximum absolute atomic E-state index is 13.0. The average molecular weight is 453 g/mol. The predicted molar refractivity (Wildman–Crippen MR) is 126 cm³/mol. The number of benzene rings is 1. The summed E-state index contributed by atoms with van der Waals surface area (Å²) in [6.07, 6.45) is 7.63. The Hall–Kier alpha value is -2.80. The van der Waals surface area contributed by atoms with Gasteiger partial charge in [0.1, 0.15) is 0 Å². The second kappa shape index (κ2) is 9.36. The van der Waals surface area contributed by atoms with Gasteiger partial charge >= 0.3 is 5.97 Å². The lowest BCUT2D eigenvalue weighted by molar-refractivity contribution is -0.123. The zero-order valence-electron chi connectivity index (χ0n) is 18.7. The van der Waals surface area contributed by atoms with E-state index in [2.05, 4.69) is 4.57 Å². The minimum atomic E-state index is -0.373. The third kappa shape index (κ3) is 4.39. The van der Waals surface area contributed by atoms with Gasteiger partial charge in [-0.25, -0.2) is 4.79 Å². The van der Waals surface area contributed by atoms with E-state index in [1.165, 1.54) is 31.3 Å². The van der Waals surface area contributed by atoms with E-state index in [9.17, 15) is 14.4 Å². The molecule has 0 unspecified atom stereocenters. The molecule has 0 bridgehead atoms. The first-order chi connectivity index (χ1) is 15.4. The number of hydrogen-bond donors (Lipinski definition) is 0. The van der Waals surface area contributed by atoms with Crippen LogP contribution in [0.25, 0.3) is 11.8 Å². The fourth-order valence-electron chi connectivity index (χ4n) is 4.62. The molecule has 168 valence electrons. The molecule has 2 fully saturated rings. The highest BCUT2D eigenvalue weighted by Crippen LogP contribution is 2.36. The van der Waals surface area contributed by atoms with Crippen LogP contribution in [0.2, 0.25) is 0 Å². The number of rotatable bonds is 5. The Balaban J connectivity index is 1.56. The maximum atomic E-state index is 13.0. The van der Waals surface area contributed by atoms with Gasteiger partial charge in [-0.15, -0.1) is 0 Å². The molecule has 32 heavy (non-hydrogen) atoms. The molecule has 6 nitrogen and oxygen atoms in total. The molecule has 0 atom stereocenters. The third-order valence-corrected chi connectivity index (χ3v) is 7.25. The molecule has 0 N–H and O–H groups in total. The highest BCUT2D eigenvalue weighted by molar-refractivity contribution is 8.18. The third-order valence-electron chi connectivity index (χ3n) is 6.34. The van der Waals surface area contributed by atoms with E-state index in [0.29, 0.717) is 22.9 Å². The summed E-state index contributed by atoms with van der Waals surface area (Å²) < 4.78 is 6.83. The predicted octanol–water partition coefficient (Wildman–Crippen LogP) is 5.50. The van der Waals surface area contributed by atoms with Gasteiger partial charge in [-0.2, -0.15) is 0 Å². The van der Waals surface area contributed by atoms with Gasteiger partial charge < -0.3 is 9.30 Å². The summed E-state index contributed by atoms with van der Waals surface area (Å²) in [7, 11) is 1.36. The van der Waals surface area contributed by atoms with E-state index in [4.69, 9.17) is 4.74 Å². The van der Waals surface area contributed by atoms with E-state index in [-0.39, 0.29) is 17.1 Å². The van der Waals surface area contributed by atoms with Crippen molar-refractivity contribution < 1.29 is 19.1 Å². The Morgan fingerprint density at radius 3 is 2.47 bits per heavy atom. The summed E-state index contributed by atoms with van der Waals surface area (Å²) in [4.78, 5) is 39.1. The van der Waals surface area contributed by atoms with Crippen molar-refractivity contribution in [1.82, 2.24) is 9.47 Å². The molecule has 1 saturated heterocycles. The normalized spacial score (nSPS) is 18.6. The molecule has 0 radical (unpaired) electrons. The van der Waals surface area contributed by atoms with E-state index >= 15 is 0 Å². The van der Waals surface area contributed by atoms with Gasteiger partial charge in [0, 0.05) is 23.6 Å². The summed E-state index contributed by atoms with van der Waals surface area (Å²) in [5.74, 6) is -0.130. The van der Waals surface area contributed by atoms with Gasteiger partial charge in [-0.1, -0.05) is 19.3 Å². The van der Waals surface area contributed by atoms with Crippen LogP contribution in [-0.4, -0.2) is 40.2 Å². The van der Waals surface area contributed by atoms with E-state index in [0.717, 1.165) is 47.2 Å². The van der Waals surface area contributed by atoms with Crippen LogP contribution in [0.1, 0.15) is 59.4 Å². The number of carbonyl (C=O) groups is 3. The number of aryl methyl sites for hydroxylation is 1. The number of methoxy groups -OCH3 is 1. The first-order valence-electron chi connectivity index (χ1n) is 11.0. The van der Waals surface area contributed by atoms with Crippen LogP contribution in [0.15, 0.2) is 35.2 Å². The van der Waals surface area contributed by atoms with E-state index in [1.54, 1.807) is 12.1 Å². The second-order valence-corrected chi connectivity index (χ2v) is 9.49. The summed E-state index contributed by atoms with van der Waals surface area (Å²) in [5.41, 5.74) is 4.28. The van der Waals surface area contributed by atoms with E-state index < -0.39 is 0 Å². The minimum absolute atomic E-state index is 0.168. The van der Waals surface area contributed by atoms with Crippen molar-refractivity contribution >= 4 is 35.0 Å². The van der Waals surface area contributed by atoms with Gasteiger partial charge in [0.15, 0.2) is 0 Å². The number of carbonyl (C=O) groups excluding carboxylic acids is 3. The Morgan fingerprint density at radius 2 is 1.81 bits per heavy atom. The van der Waals surface area contributed by atoms with Crippen molar-refractivity contribution in [2.45, 2.75) is 46.0 Å². The molecule has 1 aromatic carbocycles. The number of hydrogen-bond acceptors (Lipinski definition) is 5. The zero-order valence-corrected chi connectivity index (χ0v) is 19.5. The van der Waals surface area contributed by atoms with Crippen molar-refractivity contribution in [1.29, 1.82) is 0 Å². The van der Waals surface area contributed by atoms with Crippen molar-refractivity contribution in [3.8, 4) is 5.69 Å². The number of imide groups is 1. The molecule has 2 heterocycles. The maximum Gasteiger partial charge on any atom is 0.337 e. The number of ether oxygens (including phenoxy) is 1. The minimum Gasteiger partial charge on any atom is -0.465 e. The Bertz CT molecular complexity index is 1080. The Kier molecular flexibility index (Phi) is 6.55. The lowest BCUT2D eigenvalue weighted by Crippen LogP contribution is -2.34. The molecular formula is C25H28N2O4S. The first kappa shape index (κ1) is 22.4. The molecule has 4 rings (SSSR count). The highest BCUT2D eigenvalue weighted by Gasteiger charge is 2.36. The topological polar surface area (TPSA) is 68.6 Å². The van der Waals surface area contributed by atoms with Crippen molar-refractivity contribution in [3.63, 3.8) is 0 Å². The molecule has 0 spiro atoms. The largest absolute Gasteiger partial charge is 0.465 e. The number of aromatic nitrogens is 1. The Labute approximate surface area is 192 Å². The lowest BCUT2D eigenvalue weighted by Gasteiger charge is -2.25. The summed E-state index contributed by atoms with van der Waals surface area (Å²) in [6, 6.07) is 9.22. The summed E-state index contributed by atoms with van der Waals surface area (Å²) in [5, 5.41) is -0.168. The van der Waals surface area contributed by atoms with Crippen LogP contribution in [0, 0.1) is 19.8 Å². The Morgan fingerprint density at radius 1 is 1.12 bits per heavy atom. The molecule has 1 aliphatic heterocycles. The van der Waals surface area contributed by atoms with Crippen LogP contribution in [0.4, 0.5) is 4.79 Å². The average Bonchev–Trinajstić information content (AvgIpc) is 3.23. The molecular weight excluding hydrogens is 424 g/mol. The van der Waals surface area contributed by atoms with Crippen LogP contribution < -0.4 is 0 Å². The zero-order chi connectivity index (χ0) is 22.8. The van der Waals surface area contributed by atoms with Crippen LogP contribution >= 0.6 is 11.8 Å². The molecule has 2 aliphatic rings. The number of amides is 2. The SMILES string of the molecule is COC(=O)c1ccc(-n2c(C)cc(/C=C3/SC(=O)N(CC4CCCCC4)C3=O)c2C)cc1. The van der Waals surface area contributed by atoms with Crippen LogP contribution in [0.3, 0.4) is 0 Å². The van der Waals surface area contributed by atoms with E-state index in [1.807, 2.05) is 38.1 Å². The van der Waals surface area contributed by atoms with Gasteiger partial charge in [-0.3, -0.25) is 14.5 Å². The van der Waals surface area contributed by atoms with Gasteiger partial charge in [-0.05, 0) is 86.3 Å². The molecule has 1 aromatic heterocycles. The second-order valence-electron chi connectivity index (χ2n) is 8.50. The summed E-state index contributed by atoms with van der Waals surface area (Å²) in [6.45, 7) is 4.51. The first-order valence-corrected chi connectivity index (χ1v) is 11.8. The fraction of sp³-hybridized carbons (Fsp3) is 0.400. The highest BCUT2D eigenvalue weighted by atomic mass is 32.2. The quantitative estimate of drug-likeness (QED) is 0.443. The standard InChI is InChI=1S/C25H28N2O4S/c1-16-13-20(17(2)27(16)21-11-9-19(10-12-21)24(29)31-3)14-22-23(28)26(25(30)32-22)15-18-7-5-4-6-8-18/h9-14,18H,4-8,15H2,1-3H3/b22-14+. The van der Waals surface area contributed by atoms with Crippen molar-refractivity contribution in [2.75, 3.05) is 13.7 Å². The lowest BCUT2D eigenvalue weighted by atomic mass is 9.89. The molecule has 1 saturated carbocycles. The number of nitrogens with zero attached hydrogens (tertiary/aromatic N) is 2. The smallest absolute Gasteiger partial charge is 0.337 e. The molecule has 7 heteroatoms. The molecule has 2 aromatic rings. The summed E-state index contributed by atoms with van der Waals surface area (Å²) >= 11 is 1.03. The van der Waals surface area contributed by atoms with Gasteiger partial charge in [0.2, 0.25) is 0 Å². The fourth-order valence-corrected chi connectivity index (χ4v) is 5.46. The number of esters is 1. The van der Waals surface area contributed by atoms with Crippen molar-refractivity contribution in [3.05, 3.63) is 57.8 Å². The molecule has 2 amide bonds. The van der Waals surface area contributed by atoms with Crippen LogP contribution in [0.5, 0.6) is 0 Å². The van der Waals surface area contributed by atoms with Gasteiger partial charge in [0.25, 0.3) is 11.1 Å². The van der Waals surface area contributed by atoms with Gasteiger partial charge in [0.05, 0.1) is 17.6 Å². The van der Waals surface area contributed by atoms with Crippen LogP contribution in [-0.2, 0) is 9.53 Å². The monoisotopic (exact) mass is 452 g/mol. The number of thioether (sulfide) groups is 1. The molecule has 1 aliphatic carbocycles.